The Morgan fingerprint density at radius 3 is 2.77 bits per heavy atom. The van der Waals surface area contributed by atoms with Crippen LogP contribution in [0.3, 0.4) is 0 Å². The minimum absolute atomic E-state index is 0.0365. The Labute approximate surface area is 130 Å². The summed E-state index contributed by atoms with van der Waals surface area (Å²) in [7, 11) is 0. The number of aliphatic hydroxyl groups is 1. The average molecular weight is 306 g/mol. The fourth-order valence-corrected chi connectivity index (χ4v) is 4.42. The number of hydrogen-bond donors (Lipinski definition) is 1. The second-order valence-electron chi connectivity index (χ2n) is 6.95. The van der Waals surface area contributed by atoms with Crippen LogP contribution in [-0.2, 0) is 19.1 Å². The third-order valence-electron chi connectivity index (χ3n) is 5.70. The highest BCUT2D eigenvalue weighted by atomic mass is 16.6. The number of aliphatic hydroxyl groups excluding tert-OH is 1. The standard InChI is InChI=1S/C17H22O5/c1-8-11-5-6-17(4)13(19)7-12(21-10(3)18)9(2)14(17)15(11)22-16(8)20/h11-15,19H,1-2,5-7H2,3-4H3/t11-,12-,13+,14-,15-,17-/m0/s1. The first-order valence-corrected chi connectivity index (χ1v) is 7.69. The normalized spacial score (nSPS) is 44.1. The van der Waals surface area contributed by atoms with E-state index in [1.54, 1.807) is 0 Å². The van der Waals surface area contributed by atoms with Crippen LogP contribution in [0.15, 0.2) is 24.3 Å². The number of carbonyl (C=O) groups excluding carboxylic acids is 2. The summed E-state index contributed by atoms with van der Waals surface area (Å²) in [5.41, 5.74) is 0.823. The summed E-state index contributed by atoms with van der Waals surface area (Å²) in [6.45, 7) is 11.3. The molecule has 1 heterocycles. The number of hydrogen-bond acceptors (Lipinski definition) is 5. The molecule has 3 aliphatic rings. The van der Waals surface area contributed by atoms with Gasteiger partial charge in [-0.2, -0.15) is 0 Å². The maximum atomic E-state index is 11.9. The zero-order valence-electron chi connectivity index (χ0n) is 13.0. The Morgan fingerprint density at radius 2 is 2.14 bits per heavy atom. The first-order chi connectivity index (χ1) is 10.3. The molecule has 120 valence electrons. The van der Waals surface area contributed by atoms with Crippen LogP contribution in [0.2, 0.25) is 0 Å². The van der Waals surface area contributed by atoms with Gasteiger partial charge in [0.1, 0.15) is 12.2 Å². The Bertz CT molecular complexity index is 565. The SMILES string of the molecule is C=C1C(=O)O[C@H]2[C@H]1CC[C@@]1(C)[C@H](O)C[C@H](OC(C)=O)C(=C)[C@@H]21. The van der Waals surface area contributed by atoms with Gasteiger partial charge in [-0.15, -0.1) is 0 Å². The first-order valence-electron chi connectivity index (χ1n) is 7.69. The highest BCUT2D eigenvalue weighted by Crippen LogP contribution is 2.57. The van der Waals surface area contributed by atoms with Gasteiger partial charge in [-0.25, -0.2) is 4.79 Å². The molecule has 0 aromatic heterocycles. The fourth-order valence-electron chi connectivity index (χ4n) is 4.42. The van der Waals surface area contributed by atoms with Gasteiger partial charge >= 0.3 is 11.9 Å². The quantitative estimate of drug-likeness (QED) is 0.454. The molecule has 5 nitrogen and oxygen atoms in total. The van der Waals surface area contributed by atoms with E-state index in [4.69, 9.17) is 9.47 Å². The molecule has 22 heavy (non-hydrogen) atoms. The lowest BCUT2D eigenvalue weighted by atomic mass is 9.53. The Morgan fingerprint density at radius 1 is 1.45 bits per heavy atom. The smallest absolute Gasteiger partial charge is 0.334 e. The highest BCUT2D eigenvalue weighted by molar-refractivity contribution is 5.91. The largest absolute Gasteiger partial charge is 0.458 e. The van der Waals surface area contributed by atoms with Crippen molar-refractivity contribution in [1.29, 1.82) is 0 Å². The van der Waals surface area contributed by atoms with Crippen molar-refractivity contribution in [2.24, 2.45) is 17.3 Å². The lowest BCUT2D eigenvalue weighted by Crippen LogP contribution is -2.56. The summed E-state index contributed by atoms with van der Waals surface area (Å²) in [5.74, 6) is -1.02. The van der Waals surface area contributed by atoms with E-state index >= 15 is 0 Å². The summed E-state index contributed by atoms with van der Waals surface area (Å²) in [6, 6.07) is 0. The van der Waals surface area contributed by atoms with E-state index in [0.29, 0.717) is 12.0 Å². The van der Waals surface area contributed by atoms with Crippen LogP contribution in [0.4, 0.5) is 0 Å². The average Bonchev–Trinajstić information content (AvgIpc) is 2.71. The van der Waals surface area contributed by atoms with Crippen molar-refractivity contribution in [3.05, 3.63) is 24.3 Å². The third-order valence-corrected chi connectivity index (χ3v) is 5.70. The van der Waals surface area contributed by atoms with Crippen molar-refractivity contribution >= 4 is 11.9 Å². The number of rotatable bonds is 1. The van der Waals surface area contributed by atoms with Gasteiger partial charge in [-0.1, -0.05) is 20.1 Å². The summed E-state index contributed by atoms with van der Waals surface area (Å²) in [6.07, 6.45) is 0.362. The van der Waals surface area contributed by atoms with Gasteiger partial charge in [0, 0.05) is 36.2 Å². The van der Waals surface area contributed by atoms with E-state index in [9.17, 15) is 14.7 Å². The van der Waals surface area contributed by atoms with E-state index < -0.39 is 23.6 Å². The second-order valence-corrected chi connectivity index (χ2v) is 6.95. The number of esters is 2. The van der Waals surface area contributed by atoms with Crippen LogP contribution < -0.4 is 0 Å². The van der Waals surface area contributed by atoms with Crippen molar-refractivity contribution < 1.29 is 24.2 Å². The summed E-state index contributed by atoms with van der Waals surface area (Å²) < 4.78 is 10.8. The molecule has 0 aromatic rings. The molecule has 0 aromatic carbocycles. The van der Waals surface area contributed by atoms with Crippen LogP contribution in [0, 0.1) is 17.3 Å². The molecule has 0 amide bonds. The molecule has 0 bridgehead atoms. The molecule has 0 spiro atoms. The minimum Gasteiger partial charge on any atom is -0.458 e. The van der Waals surface area contributed by atoms with Crippen molar-refractivity contribution in [2.45, 2.75) is 51.4 Å². The van der Waals surface area contributed by atoms with E-state index in [1.807, 2.05) is 6.92 Å². The van der Waals surface area contributed by atoms with Gasteiger partial charge < -0.3 is 14.6 Å². The molecule has 0 unspecified atom stereocenters. The van der Waals surface area contributed by atoms with Crippen molar-refractivity contribution in [3.63, 3.8) is 0 Å². The van der Waals surface area contributed by atoms with E-state index in [-0.39, 0.29) is 23.9 Å². The predicted molar refractivity (Wildman–Crippen MR) is 78.7 cm³/mol. The van der Waals surface area contributed by atoms with E-state index in [2.05, 4.69) is 13.2 Å². The minimum atomic E-state index is -0.624. The molecule has 3 rings (SSSR count). The van der Waals surface area contributed by atoms with Crippen LogP contribution in [0.25, 0.3) is 0 Å². The zero-order valence-corrected chi connectivity index (χ0v) is 13.0. The second kappa shape index (κ2) is 4.95. The monoisotopic (exact) mass is 306 g/mol. The molecule has 1 N–H and O–H groups in total. The molecule has 5 heteroatoms. The molecule has 1 saturated heterocycles. The Kier molecular flexibility index (Phi) is 3.44. The van der Waals surface area contributed by atoms with E-state index in [0.717, 1.165) is 18.4 Å². The number of carbonyl (C=O) groups is 2. The Balaban J connectivity index is 1.96. The molecule has 2 aliphatic carbocycles. The van der Waals surface area contributed by atoms with Gasteiger partial charge in [0.05, 0.1) is 6.10 Å². The molecule has 1 aliphatic heterocycles. The summed E-state index contributed by atoms with van der Waals surface area (Å²) >= 11 is 0. The maximum absolute atomic E-state index is 11.9. The van der Waals surface area contributed by atoms with Crippen molar-refractivity contribution in [1.82, 2.24) is 0 Å². The molecule has 3 fully saturated rings. The first kappa shape index (κ1) is 15.3. The number of ether oxygens (including phenoxy) is 2. The molecule has 6 atom stereocenters. The highest BCUT2D eigenvalue weighted by Gasteiger charge is 2.60. The van der Waals surface area contributed by atoms with Crippen LogP contribution >= 0.6 is 0 Å². The lowest BCUT2D eigenvalue weighted by molar-refractivity contribution is -0.165. The van der Waals surface area contributed by atoms with Gasteiger partial charge in [-0.05, 0) is 18.4 Å². The third kappa shape index (κ3) is 2.02. The van der Waals surface area contributed by atoms with E-state index in [1.165, 1.54) is 6.92 Å². The lowest BCUT2D eigenvalue weighted by Gasteiger charge is -2.54. The Hall–Kier alpha value is -1.62. The molecular formula is C17H22O5. The van der Waals surface area contributed by atoms with Crippen LogP contribution in [0.5, 0.6) is 0 Å². The van der Waals surface area contributed by atoms with Gasteiger partial charge in [0.15, 0.2) is 0 Å². The zero-order chi connectivity index (χ0) is 16.2. The van der Waals surface area contributed by atoms with Crippen molar-refractivity contribution in [2.75, 3.05) is 0 Å². The summed E-state index contributed by atoms with van der Waals surface area (Å²) in [4.78, 5) is 23.2. The van der Waals surface area contributed by atoms with Crippen LogP contribution in [0.1, 0.15) is 33.1 Å². The van der Waals surface area contributed by atoms with Crippen LogP contribution in [-0.4, -0.2) is 35.4 Å². The summed E-state index contributed by atoms with van der Waals surface area (Å²) in [5, 5.41) is 10.6. The van der Waals surface area contributed by atoms with Gasteiger partial charge in [0.25, 0.3) is 0 Å². The molecule has 2 saturated carbocycles. The molecule has 0 radical (unpaired) electrons. The maximum Gasteiger partial charge on any atom is 0.334 e. The molecular weight excluding hydrogens is 284 g/mol. The van der Waals surface area contributed by atoms with Gasteiger partial charge in [0.2, 0.25) is 0 Å². The number of fused-ring (bicyclic) bond motifs is 3. The van der Waals surface area contributed by atoms with Crippen molar-refractivity contribution in [3.8, 4) is 0 Å². The topological polar surface area (TPSA) is 72.8 Å². The fraction of sp³-hybridized carbons (Fsp3) is 0.647. The predicted octanol–water partition coefficient (Wildman–Crippen LogP) is 1.75. The van der Waals surface area contributed by atoms with Gasteiger partial charge in [-0.3, -0.25) is 4.79 Å².